The molecule has 4 N–H and O–H groups in total. The number of aliphatic hydroxyl groups is 1. The molecular formula is C10H23N3O. The Kier molecular flexibility index (Phi) is 5.08. The highest BCUT2D eigenvalue weighted by Gasteiger charge is 2.21. The molecule has 0 aromatic heterocycles. The third-order valence-electron chi connectivity index (χ3n) is 2.13. The first-order chi connectivity index (χ1) is 6.26. The molecule has 0 aromatic rings. The van der Waals surface area contributed by atoms with Gasteiger partial charge in [0.15, 0.2) is 0 Å². The lowest BCUT2D eigenvalue weighted by Crippen LogP contribution is -2.44. The van der Waals surface area contributed by atoms with Gasteiger partial charge in [0.1, 0.15) is 0 Å². The lowest BCUT2D eigenvalue weighted by molar-refractivity contribution is 0.0261. The van der Waals surface area contributed by atoms with E-state index in [1.807, 2.05) is 13.8 Å². The second-order valence-corrected chi connectivity index (χ2v) is 4.45. The average molecular weight is 201 g/mol. The van der Waals surface area contributed by atoms with E-state index in [1.165, 1.54) is 0 Å². The van der Waals surface area contributed by atoms with Crippen LogP contribution in [0.4, 0.5) is 0 Å². The van der Waals surface area contributed by atoms with Gasteiger partial charge in [-0.1, -0.05) is 6.92 Å². The van der Waals surface area contributed by atoms with Crippen LogP contribution in [0.1, 0.15) is 34.1 Å². The Bertz CT molecular complexity index is 186. The summed E-state index contributed by atoms with van der Waals surface area (Å²) < 4.78 is 0. The van der Waals surface area contributed by atoms with Crippen LogP contribution in [-0.4, -0.2) is 40.6 Å². The first-order valence-electron chi connectivity index (χ1n) is 5.05. The van der Waals surface area contributed by atoms with Gasteiger partial charge in [-0.05, 0) is 27.3 Å². The van der Waals surface area contributed by atoms with Crippen molar-refractivity contribution in [1.29, 1.82) is 5.41 Å². The van der Waals surface area contributed by atoms with Gasteiger partial charge in [-0.3, -0.25) is 10.3 Å². The Morgan fingerprint density at radius 1 is 1.57 bits per heavy atom. The zero-order chi connectivity index (χ0) is 11.4. The predicted octanol–water partition coefficient (Wildman–Crippen LogP) is 0.794. The lowest BCUT2D eigenvalue weighted by Gasteiger charge is -2.32. The van der Waals surface area contributed by atoms with Gasteiger partial charge in [0, 0.05) is 19.0 Å². The van der Waals surface area contributed by atoms with Crippen LogP contribution in [0.3, 0.4) is 0 Å². The normalized spacial score (nSPS) is 14.4. The number of rotatable bonds is 6. The quantitative estimate of drug-likeness (QED) is 0.439. The molecule has 0 heterocycles. The molecule has 0 saturated carbocycles. The molecule has 1 unspecified atom stereocenters. The van der Waals surface area contributed by atoms with E-state index in [-0.39, 0.29) is 11.9 Å². The molecule has 0 aliphatic carbocycles. The lowest BCUT2D eigenvalue weighted by atomic mass is 10.1. The van der Waals surface area contributed by atoms with Gasteiger partial charge in [0.2, 0.25) is 0 Å². The van der Waals surface area contributed by atoms with Crippen molar-refractivity contribution in [3.05, 3.63) is 0 Å². The molecule has 1 atom stereocenters. The molecule has 0 aliphatic heterocycles. The number of hydrogen-bond donors (Lipinski definition) is 3. The van der Waals surface area contributed by atoms with E-state index in [2.05, 4.69) is 4.90 Å². The van der Waals surface area contributed by atoms with Crippen molar-refractivity contribution in [3.63, 3.8) is 0 Å². The molecule has 0 fully saturated rings. The fourth-order valence-electron chi connectivity index (χ4n) is 1.52. The van der Waals surface area contributed by atoms with Crippen molar-refractivity contribution >= 4 is 5.84 Å². The highest BCUT2D eigenvalue weighted by atomic mass is 16.3. The topological polar surface area (TPSA) is 73.3 Å². The molecule has 0 radical (unpaired) electrons. The number of amidine groups is 1. The fourth-order valence-corrected chi connectivity index (χ4v) is 1.52. The Labute approximate surface area is 86.6 Å². The third-order valence-corrected chi connectivity index (χ3v) is 2.13. The summed E-state index contributed by atoms with van der Waals surface area (Å²) >= 11 is 0. The maximum absolute atomic E-state index is 9.68. The zero-order valence-corrected chi connectivity index (χ0v) is 9.67. The molecule has 0 bridgehead atoms. The second kappa shape index (κ2) is 5.32. The standard InChI is InChI=1S/C10H23N3O/c1-5-13(7-10(3,4)14)8(2)6-9(11)12/h8,14H,5-7H2,1-4H3,(H3,11,12). The minimum Gasteiger partial charge on any atom is -0.389 e. The number of hydrogen-bond acceptors (Lipinski definition) is 3. The van der Waals surface area contributed by atoms with E-state index in [0.717, 1.165) is 6.54 Å². The smallest absolute Gasteiger partial charge is 0.0920 e. The Hall–Kier alpha value is -0.610. The van der Waals surface area contributed by atoms with Crippen LogP contribution in [-0.2, 0) is 0 Å². The number of nitrogens with one attached hydrogen (secondary N) is 1. The first-order valence-corrected chi connectivity index (χ1v) is 5.05. The molecule has 0 rings (SSSR count). The van der Waals surface area contributed by atoms with Gasteiger partial charge < -0.3 is 10.8 Å². The number of nitrogens with zero attached hydrogens (tertiary/aromatic N) is 1. The van der Waals surface area contributed by atoms with Crippen LogP contribution in [0.2, 0.25) is 0 Å². The second-order valence-electron chi connectivity index (χ2n) is 4.45. The third kappa shape index (κ3) is 5.94. The van der Waals surface area contributed by atoms with Gasteiger partial charge in [0.25, 0.3) is 0 Å². The largest absolute Gasteiger partial charge is 0.389 e. The van der Waals surface area contributed by atoms with Crippen LogP contribution in [0.5, 0.6) is 0 Å². The van der Waals surface area contributed by atoms with Crippen LogP contribution >= 0.6 is 0 Å². The fraction of sp³-hybridized carbons (Fsp3) is 0.900. The molecular weight excluding hydrogens is 178 g/mol. The van der Waals surface area contributed by atoms with Gasteiger partial charge in [-0.15, -0.1) is 0 Å². The summed E-state index contributed by atoms with van der Waals surface area (Å²) in [5.41, 5.74) is 4.65. The van der Waals surface area contributed by atoms with Crippen molar-refractivity contribution in [2.75, 3.05) is 13.1 Å². The van der Waals surface area contributed by atoms with E-state index in [0.29, 0.717) is 13.0 Å². The van der Waals surface area contributed by atoms with Crippen LogP contribution in [0, 0.1) is 5.41 Å². The van der Waals surface area contributed by atoms with Gasteiger partial charge >= 0.3 is 0 Å². The van der Waals surface area contributed by atoms with E-state index < -0.39 is 5.60 Å². The SMILES string of the molecule is CCN(CC(C)(C)O)C(C)CC(=N)N. The number of likely N-dealkylation sites (N-methyl/N-ethyl adjacent to an activating group) is 1. The maximum Gasteiger partial charge on any atom is 0.0920 e. The molecule has 84 valence electrons. The van der Waals surface area contributed by atoms with E-state index in [9.17, 15) is 5.11 Å². The molecule has 14 heavy (non-hydrogen) atoms. The van der Waals surface area contributed by atoms with E-state index in [4.69, 9.17) is 11.1 Å². The van der Waals surface area contributed by atoms with Gasteiger partial charge in [-0.25, -0.2) is 0 Å². The Balaban J connectivity index is 4.19. The first kappa shape index (κ1) is 13.4. The summed E-state index contributed by atoms with van der Waals surface area (Å²) in [5.74, 6) is 0.201. The summed E-state index contributed by atoms with van der Waals surface area (Å²) in [5, 5.41) is 16.9. The van der Waals surface area contributed by atoms with Gasteiger partial charge in [0.05, 0.1) is 11.4 Å². The zero-order valence-electron chi connectivity index (χ0n) is 9.67. The predicted molar refractivity (Wildman–Crippen MR) is 59.5 cm³/mol. The van der Waals surface area contributed by atoms with Crippen molar-refractivity contribution in [1.82, 2.24) is 4.90 Å². The summed E-state index contributed by atoms with van der Waals surface area (Å²) in [6.45, 7) is 9.11. The van der Waals surface area contributed by atoms with Crippen molar-refractivity contribution in [3.8, 4) is 0 Å². The molecule has 0 aliphatic rings. The van der Waals surface area contributed by atoms with Crippen LogP contribution in [0.25, 0.3) is 0 Å². The number of nitrogens with two attached hydrogens (primary N) is 1. The summed E-state index contributed by atoms with van der Waals surface area (Å²) in [6, 6.07) is 0.212. The monoisotopic (exact) mass is 201 g/mol. The van der Waals surface area contributed by atoms with E-state index >= 15 is 0 Å². The summed E-state index contributed by atoms with van der Waals surface area (Å²) in [4.78, 5) is 2.13. The molecule has 0 saturated heterocycles. The van der Waals surface area contributed by atoms with Crippen molar-refractivity contribution in [2.45, 2.75) is 45.8 Å². The Morgan fingerprint density at radius 3 is 2.36 bits per heavy atom. The Morgan fingerprint density at radius 2 is 2.07 bits per heavy atom. The molecule has 0 aromatic carbocycles. The summed E-state index contributed by atoms with van der Waals surface area (Å²) in [6.07, 6.45) is 0.559. The molecule has 0 amide bonds. The molecule has 4 nitrogen and oxygen atoms in total. The van der Waals surface area contributed by atoms with Crippen molar-refractivity contribution < 1.29 is 5.11 Å². The van der Waals surface area contributed by atoms with Crippen LogP contribution < -0.4 is 5.73 Å². The molecule has 4 heteroatoms. The minimum atomic E-state index is -0.693. The highest BCUT2D eigenvalue weighted by molar-refractivity contribution is 5.77. The minimum absolute atomic E-state index is 0.201. The van der Waals surface area contributed by atoms with Crippen molar-refractivity contribution in [2.24, 2.45) is 5.73 Å². The molecule has 0 spiro atoms. The average Bonchev–Trinajstić information content (AvgIpc) is 1.96. The van der Waals surface area contributed by atoms with E-state index in [1.54, 1.807) is 13.8 Å². The summed E-state index contributed by atoms with van der Waals surface area (Å²) in [7, 11) is 0. The van der Waals surface area contributed by atoms with Crippen LogP contribution in [0.15, 0.2) is 0 Å². The van der Waals surface area contributed by atoms with Gasteiger partial charge in [-0.2, -0.15) is 0 Å². The maximum atomic E-state index is 9.68. The highest BCUT2D eigenvalue weighted by Crippen LogP contribution is 2.10.